The molecular weight excluding hydrogens is 250 g/mol. The highest BCUT2D eigenvalue weighted by atomic mass is 19.1. The van der Waals surface area contributed by atoms with E-state index in [0.717, 1.165) is 37.7 Å². The molecule has 0 bridgehead atoms. The first-order chi connectivity index (χ1) is 9.04. The number of anilines is 1. The summed E-state index contributed by atoms with van der Waals surface area (Å²) in [6, 6.07) is 3.03. The summed E-state index contributed by atoms with van der Waals surface area (Å²) in [6.07, 6.45) is 2.25. The van der Waals surface area contributed by atoms with Crippen molar-refractivity contribution in [3.05, 3.63) is 29.8 Å². The van der Waals surface area contributed by atoms with Crippen LogP contribution in [0.2, 0.25) is 0 Å². The van der Waals surface area contributed by atoms with Gasteiger partial charge in [-0.3, -0.25) is 9.69 Å². The van der Waals surface area contributed by atoms with E-state index in [9.17, 15) is 13.6 Å². The standard InChI is InChI=1S/C14H18F2N2O/c1-10-3-2-6-18(8-10)9-14(19)17-13-7-11(15)4-5-12(13)16/h4-5,7,10H,2-3,6,8-9H2,1H3,(H,17,19). The summed E-state index contributed by atoms with van der Waals surface area (Å²) in [5.74, 6) is -0.920. The van der Waals surface area contributed by atoms with E-state index in [-0.39, 0.29) is 18.1 Å². The van der Waals surface area contributed by atoms with E-state index in [1.165, 1.54) is 6.42 Å². The Bertz CT molecular complexity index is 465. The topological polar surface area (TPSA) is 32.3 Å². The summed E-state index contributed by atoms with van der Waals surface area (Å²) in [5.41, 5.74) is -0.102. The van der Waals surface area contributed by atoms with Gasteiger partial charge >= 0.3 is 0 Å². The van der Waals surface area contributed by atoms with Gasteiger partial charge in [0.25, 0.3) is 0 Å². The molecule has 104 valence electrons. The number of benzene rings is 1. The second kappa shape index (κ2) is 6.10. The highest BCUT2D eigenvalue weighted by Crippen LogP contribution is 2.17. The second-order valence-electron chi connectivity index (χ2n) is 5.15. The third-order valence-corrected chi connectivity index (χ3v) is 3.31. The molecule has 1 atom stereocenters. The fourth-order valence-corrected chi connectivity index (χ4v) is 2.42. The number of halogens is 2. The van der Waals surface area contributed by atoms with Crippen molar-refractivity contribution in [2.75, 3.05) is 25.0 Å². The average Bonchev–Trinajstić information content (AvgIpc) is 2.34. The van der Waals surface area contributed by atoms with Crippen molar-refractivity contribution < 1.29 is 13.6 Å². The number of hydrogen-bond acceptors (Lipinski definition) is 2. The van der Waals surface area contributed by atoms with Crippen LogP contribution in [0, 0.1) is 17.6 Å². The first-order valence-corrected chi connectivity index (χ1v) is 6.52. The molecule has 1 aliphatic heterocycles. The van der Waals surface area contributed by atoms with E-state index in [1.54, 1.807) is 0 Å². The molecule has 5 heteroatoms. The van der Waals surface area contributed by atoms with Crippen molar-refractivity contribution in [3.8, 4) is 0 Å². The Labute approximate surface area is 111 Å². The first kappa shape index (κ1) is 13.9. The van der Waals surface area contributed by atoms with Crippen LogP contribution in [-0.4, -0.2) is 30.4 Å². The van der Waals surface area contributed by atoms with E-state index in [2.05, 4.69) is 12.2 Å². The average molecular weight is 268 g/mol. The zero-order valence-electron chi connectivity index (χ0n) is 11.0. The van der Waals surface area contributed by atoms with E-state index >= 15 is 0 Å². The van der Waals surface area contributed by atoms with Gasteiger partial charge in [-0.05, 0) is 37.4 Å². The number of piperidine rings is 1. The Balaban J connectivity index is 1.92. The molecule has 1 aromatic rings. The van der Waals surface area contributed by atoms with Crippen molar-refractivity contribution in [3.63, 3.8) is 0 Å². The third-order valence-electron chi connectivity index (χ3n) is 3.31. The van der Waals surface area contributed by atoms with Crippen LogP contribution in [-0.2, 0) is 4.79 Å². The van der Waals surface area contributed by atoms with Crippen molar-refractivity contribution >= 4 is 11.6 Å². The van der Waals surface area contributed by atoms with Crippen LogP contribution >= 0.6 is 0 Å². The SMILES string of the molecule is CC1CCCN(CC(=O)Nc2cc(F)ccc2F)C1. The molecule has 0 aliphatic carbocycles. The molecule has 0 radical (unpaired) electrons. The highest BCUT2D eigenvalue weighted by molar-refractivity contribution is 5.92. The van der Waals surface area contributed by atoms with Crippen LogP contribution in [0.5, 0.6) is 0 Å². The van der Waals surface area contributed by atoms with Gasteiger partial charge in [0.05, 0.1) is 12.2 Å². The molecule has 3 nitrogen and oxygen atoms in total. The van der Waals surface area contributed by atoms with Gasteiger partial charge in [0, 0.05) is 12.6 Å². The summed E-state index contributed by atoms with van der Waals surface area (Å²) in [5, 5.41) is 2.42. The number of likely N-dealkylation sites (tertiary alicyclic amines) is 1. The van der Waals surface area contributed by atoms with Gasteiger partial charge in [-0.1, -0.05) is 6.92 Å². The number of rotatable bonds is 3. The molecule has 1 aliphatic rings. The lowest BCUT2D eigenvalue weighted by Crippen LogP contribution is -2.39. The van der Waals surface area contributed by atoms with Crippen LogP contribution in [0.15, 0.2) is 18.2 Å². The van der Waals surface area contributed by atoms with Gasteiger partial charge in [-0.15, -0.1) is 0 Å². The minimum atomic E-state index is -0.623. The van der Waals surface area contributed by atoms with Gasteiger partial charge in [-0.25, -0.2) is 8.78 Å². The largest absolute Gasteiger partial charge is 0.322 e. The molecule has 0 aromatic heterocycles. The lowest BCUT2D eigenvalue weighted by atomic mass is 10.0. The minimum Gasteiger partial charge on any atom is -0.322 e. The minimum absolute atomic E-state index is 0.102. The zero-order chi connectivity index (χ0) is 13.8. The van der Waals surface area contributed by atoms with E-state index < -0.39 is 11.6 Å². The fourth-order valence-electron chi connectivity index (χ4n) is 2.42. The van der Waals surface area contributed by atoms with Gasteiger partial charge < -0.3 is 5.32 Å². The van der Waals surface area contributed by atoms with Crippen LogP contribution in [0.1, 0.15) is 19.8 Å². The van der Waals surface area contributed by atoms with Gasteiger partial charge in [0.1, 0.15) is 11.6 Å². The van der Waals surface area contributed by atoms with Crippen molar-refractivity contribution in [1.82, 2.24) is 4.90 Å². The molecular formula is C14H18F2N2O. The summed E-state index contributed by atoms with van der Waals surface area (Å²) in [6.45, 7) is 4.12. The summed E-state index contributed by atoms with van der Waals surface area (Å²) >= 11 is 0. The smallest absolute Gasteiger partial charge is 0.238 e. The van der Waals surface area contributed by atoms with Crippen LogP contribution in [0.4, 0.5) is 14.5 Å². The Kier molecular flexibility index (Phi) is 4.47. The maximum atomic E-state index is 13.4. The van der Waals surface area contributed by atoms with Crippen molar-refractivity contribution in [1.29, 1.82) is 0 Å². The van der Waals surface area contributed by atoms with E-state index in [1.807, 2.05) is 4.90 Å². The highest BCUT2D eigenvalue weighted by Gasteiger charge is 2.19. The lowest BCUT2D eigenvalue weighted by Gasteiger charge is -2.30. The Hall–Kier alpha value is -1.49. The van der Waals surface area contributed by atoms with Crippen LogP contribution < -0.4 is 5.32 Å². The van der Waals surface area contributed by atoms with Crippen LogP contribution in [0.25, 0.3) is 0 Å². The Morgan fingerprint density at radius 1 is 1.47 bits per heavy atom. The summed E-state index contributed by atoms with van der Waals surface area (Å²) in [7, 11) is 0. The predicted octanol–water partition coefficient (Wildman–Crippen LogP) is 2.64. The van der Waals surface area contributed by atoms with Gasteiger partial charge in [-0.2, -0.15) is 0 Å². The number of nitrogens with zero attached hydrogens (tertiary/aromatic N) is 1. The van der Waals surface area contributed by atoms with E-state index in [4.69, 9.17) is 0 Å². The zero-order valence-corrected chi connectivity index (χ0v) is 11.0. The predicted molar refractivity (Wildman–Crippen MR) is 69.8 cm³/mol. The van der Waals surface area contributed by atoms with E-state index in [0.29, 0.717) is 5.92 Å². The van der Waals surface area contributed by atoms with Crippen molar-refractivity contribution in [2.45, 2.75) is 19.8 Å². The summed E-state index contributed by atoms with van der Waals surface area (Å²) < 4.78 is 26.4. The fraction of sp³-hybridized carbons (Fsp3) is 0.500. The normalized spacial score (nSPS) is 20.3. The van der Waals surface area contributed by atoms with Gasteiger partial charge in [0.2, 0.25) is 5.91 Å². The molecule has 1 N–H and O–H groups in total. The van der Waals surface area contributed by atoms with Crippen LogP contribution in [0.3, 0.4) is 0 Å². The number of carbonyl (C=O) groups excluding carboxylic acids is 1. The number of carbonyl (C=O) groups is 1. The summed E-state index contributed by atoms with van der Waals surface area (Å²) in [4.78, 5) is 13.9. The lowest BCUT2D eigenvalue weighted by molar-refractivity contribution is -0.117. The molecule has 2 rings (SSSR count). The van der Waals surface area contributed by atoms with Crippen molar-refractivity contribution in [2.24, 2.45) is 5.92 Å². The maximum Gasteiger partial charge on any atom is 0.238 e. The molecule has 1 amide bonds. The molecule has 19 heavy (non-hydrogen) atoms. The quantitative estimate of drug-likeness (QED) is 0.914. The molecule has 1 saturated heterocycles. The maximum absolute atomic E-state index is 13.4. The molecule has 0 saturated carbocycles. The molecule has 1 fully saturated rings. The second-order valence-corrected chi connectivity index (χ2v) is 5.15. The Morgan fingerprint density at radius 3 is 3.00 bits per heavy atom. The molecule has 1 aromatic carbocycles. The molecule has 1 unspecified atom stereocenters. The molecule has 0 spiro atoms. The molecule has 1 heterocycles. The van der Waals surface area contributed by atoms with Gasteiger partial charge in [0.15, 0.2) is 0 Å². The monoisotopic (exact) mass is 268 g/mol. The Morgan fingerprint density at radius 2 is 2.26 bits per heavy atom. The number of amides is 1. The third kappa shape index (κ3) is 3.99. The first-order valence-electron chi connectivity index (χ1n) is 6.52. The number of nitrogens with one attached hydrogen (secondary N) is 1. The number of hydrogen-bond donors (Lipinski definition) is 1.